The van der Waals surface area contributed by atoms with Crippen LogP contribution >= 0.6 is 0 Å². The average Bonchev–Trinajstić information content (AvgIpc) is 2.98. The molecule has 1 aliphatic heterocycles. The van der Waals surface area contributed by atoms with E-state index >= 15 is 0 Å². The van der Waals surface area contributed by atoms with Gasteiger partial charge in [-0.15, -0.1) is 13.2 Å². The number of hydrogen-bond donors (Lipinski definition) is 0. The highest BCUT2D eigenvalue weighted by atomic mass is 19.4. The summed E-state index contributed by atoms with van der Waals surface area (Å²) in [4.78, 5) is 14.0. The molecule has 0 N–H and O–H groups in total. The molecule has 2 aromatic carbocycles. The Morgan fingerprint density at radius 3 is 2.65 bits per heavy atom. The Labute approximate surface area is 146 Å². The summed E-state index contributed by atoms with van der Waals surface area (Å²) in [5.41, 5.74) is 1.65. The summed E-state index contributed by atoms with van der Waals surface area (Å²) in [5, 5.41) is 0. The number of carbonyl (C=O) groups excluding carboxylic acids is 1. The molecule has 2 aromatic rings. The molecule has 0 saturated heterocycles. The molecular formula is C18H15F4NO3. The maximum atomic E-state index is 13.3. The van der Waals surface area contributed by atoms with E-state index in [9.17, 15) is 22.4 Å². The minimum atomic E-state index is -4.80. The van der Waals surface area contributed by atoms with Crippen molar-refractivity contribution in [3.63, 3.8) is 0 Å². The van der Waals surface area contributed by atoms with Crippen molar-refractivity contribution in [3.05, 3.63) is 53.3 Å². The summed E-state index contributed by atoms with van der Waals surface area (Å²) < 4.78 is 59.5. The highest BCUT2D eigenvalue weighted by Gasteiger charge is 2.32. The first-order valence-electron chi connectivity index (χ1n) is 7.78. The van der Waals surface area contributed by atoms with Crippen LogP contribution in [0.25, 0.3) is 0 Å². The summed E-state index contributed by atoms with van der Waals surface area (Å²) in [6, 6.07) is 7.79. The maximum Gasteiger partial charge on any atom is 0.573 e. The standard InChI is InChI=1S/C18H15F4NO3/c1-25-16-9-13(19)4-2-12(16)8-17(24)23-7-6-11-3-5-14(10-15(11)23)26-18(20,21)22/h2-5,9-10H,6-8H2,1H3. The van der Waals surface area contributed by atoms with Crippen LogP contribution in [-0.2, 0) is 17.6 Å². The first kappa shape index (κ1) is 18.0. The number of fused-ring (bicyclic) bond motifs is 1. The Balaban J connectivity index is 1.82. The smallest absolute Gasteiger partial charge is 0.496 e. The van der Waals surface area contributed by atoms with E-state index in [1.54, 1.807) is 0 Å². The van der Waals surface area contributed by atoms with Gasteiger partial charge in [-0.1, -0.05) is 12.1 Å². The predicted molar refractivity (Wildman–Crippen MR) is 85.8 cm³/mol. The molecular weight excluding hydrogens is 354 g/mol. The quantitative estimate of drug-likeness (QED) is 0.768. The van der Waals surface area contributed by atoms with Gasteiger partial charge in [0.05, 0.1) is 19.2 Å². The number of carbonyl (C=O) groups is 1. The van der Waals surface area contributed by atoms with Crippen LogP contribution in [0.15, 0.2) is 36.4 Å². The summed E-state index contributed by atoms with van der Waals surface area (Å²) in [6.07, 6.45) is -4.33. The zero-order valence-corrected chi connectivity index (χ0v) is 13.8. The van der Waals surface area contributed by atoms with Crippen LogP contribution in [0.5, 0.6) is 11.5 Å². The van der Waals surface area contributed by atoms with Crippen LogP contribution in [0.4, 0.5) is 23.2 Å². The molecule has 0 saturated carbocycles. The minimum absolute atomic E-state index is 0.0623. The zero-order valence-electron chi connectivity index (χ0n) is 13.8. The SMILES string of the molecule is COc1cc(F)ccc1CC(=O)N1CCc2ccc(OC(F)(F)F)cc21. The third-order valence-corrected chi connectivity index (χ3v) is 4.08. The molecule has 0 aliphatic carbocycles. The molecule has 1 aliphatic rings. The van der Waals surface area contributed by atoms with Crippen molar-refractivity contribution in [1.82, 2.24) is 0 Å². The largest absolute Gasteiger partial charge is 0.573 e. The van der Waals surface area contributed by atoms with Gasteiger partial charge in [0, 0.05) is 24.2 Å². The summed E-state index contributed by atoms with van der Waals surface area (Å²) in [7, 11) is 1.37. The van der Waals surface area contributed by atoms with Crippen LogP contribution < -0.4 is 14.4 Å². The molecule has 8 heteroatoms. The lowest BCUT2D eigenvalue weighted by Crippen LogP contribution is -2.30. The number of ether oxygens (including phenoxy) is 2. The molecule has 26 heavy (non-hydrogen) atoms. The number of anilines is 1. The van der Waals surface area contributed by atoms with Gasteiger partial charge in [0.25, 0.3) is 0 Å². The van der Waals surface area contributed by atoms with Gasteiger partial charge in [0.1, 0.15) is 17.3 Å². The lowest BCUT2D eigenvalue weighted by molar-refractivity contribution is -0.274. The van der Waals surface area contributed by atoms with Crippen LogP contribution in [0, 0.1) is 5.82 Å². The van der Waals surface area contributed by atoms with Crippen LogP contribution in [-0.4, -0.2) is 25.9 Å². The third-order valence-electron chi connectivity index (χ3n) is 4.08. The van der Waals surface area contributed by atoms with Gasteiger partial charge < -0.3 is 14.4 Å². The average molecular weight is 369 g/mol. The molecule has 4 nitrogen and oxygen atoms in total. The highest BCUT2D eigenvalue weighted by molar-refractivity contribution is 5.97. The van der Waals surface area contributed by atoms with Gasteiger partial charge in [-0.2, -0.15) is 0 Å². The second-order valence-electron chi connectivity index (χ2n) is 5.77. The monoisotopic (exact) mass is 369 g/mol. The predicted octanol–water partition coefficient (Wildman–Crippen LogP) is 3.86. The molecule has 1 heterocycles. The summed E-state index contributed by atoms with van der Waals surface area (Å²) in [5.74, 6) is -0.946. The number of rotatable bonds is 4. The van der Waals surface area contributed by atoms with Crippen molar-refractivity contribution in [2.24, 2.45) is 0 Å². The molecule has 0 unspecified atom stereocenters. The van der Waals surface area contributed by atoms with E-state index in [2.05, 4.69) is 4.74 Å². The summed E-state index contributed by atoms with van der Waals surface area (Å²) in [6.45, 7) is 0.354. The Morgan fingerprint density at radius 1 is 1.19 bits per heavy atom. The van der Waals surface area contributed by atoms with Gasteiger partial charge in [-0.25, -0.2) is 4.39 Å². The van der Waals surface area contributed by atoms with Crippen LogP contribution in [0.3, 0.4) is 0 Å². The van der Waals surface area contributed by atoms with Crippen LogP contribution in [0.1, 0.15) is 11.1 Å². The first-order chi connectivity index (χ1) is 12.3. The van der Waals surface area contributed by atoms with Crippen molar-refractivity contribution in [2.75, 3.05) is 18.6 Å². The second kappa shape index (κ2) is 6.86. The second-order valence-corrected chi connectivity index (χ2v) is 5.77. The van der Waals surface area contributed by atoms with Crippen LogP contribution in [0.2, 0.25) is 0 Å². The number of hydrogen-bond acceptors (Lipinski definition) is 3. The lowest BCUT2D eigenvalue weighted by Gasteiger charge is -2.19. The zero-order chi connectivity index (χ0) is 18.9. The number of alkyl halides is 3. The lowest BCUT2D eigenvalue weighted by atomic mass is 10.1. The van der Waals surface area contributed by atoms with E-state index in [1.165, 1.54) is 48.4 Å². The van der Waals surface area contributed by atoms with E-state index < -0.39 is 12.2 Å². The maximum absolute atomic E-state index is 13.3. The van der Waals surface area contributed by atoms with Crippen molar-refractivity contribution >= 4 is 11.6 Å². The molecule has 0 aromatic heterocycles. The molecule has 0 bridgehead atoms. The fraction of sp³-hybridized carbons (Fsp3) is 0.278. The Kier molecular flexibility index (Phi) is 4.76. The molecule has 0 radical (unpaired) electrons. The summed E-state index contributed by atoms with van der Waals surface area (Å²) >= 11 is 0. The molecule has 0 spiro atoms. The molecule has 138 valence electrons. The normalized spacial score (nSPS) is 13.5. The van der Waals surface area contributed by atoms with Crippen molar-refractivity contribution in [2.45, 2.75) is 19.2 Å². The van der Waals surface area contributed by atoms with Crippen molar-refractivity contribution in [3.8, 4) is 11.5 Å². The molecule has 1 amide bonds. The Bertz CT molecular complexity index is 836. The van der Waals surface area contributed by atoms with Gasteiger partial charge in [-0.05, 0) is 24.1 Å². The van der Waals surface area contributed by atoms with Gasteiger partial charge in [-0.3, -0.25) is 4.79 Å². The number of benzene rings is 2. The molecule has 0 atom stereocenters. The highest BCUT2D eigenvalue weighted by Crippen LogP contribution is 2.34. The van der Waals surface area contributed by atoms with E-state index in [-0.39, 0.29) is 23.8 Å². The van der Waals surface area contributed by atoms with E-state index in [4.69, 9.17) is 4.74 Å². The topological polar surface area (TPSA) is 38.8 Å². The van der Waals surface area contributed by atoms with Crippen molar-refractivity contribution < 1.29 is 31.8 Å². The Hall–Kier alpha value is -2.77. The minimum Gasteiger partial charge on any atom is -0.496 e. The van der Waals surface area contributed by atoms with E-state index in [0.29, 0.717) is 24.2 Å². The van der Waals surface area contributed by atoms with Gasteiger partial charge in [0.2, 0.25) is 5.91 Å². The van der Waals surface area contributed by atoms with Crippen molar-refractivity contribution in [1.29, 1.82) is 0 Å². The van der Waals surface area contributed by atoms with E-state index in [0.717, 1.165) is 5.56 Å². The number of halogens is 4. The van der Waals surface area contributed by atoms with Gasteiger partial charge in [0.15, 0.2) is 0 Å². The number of methoxy groups -OCH3 is 1. The van der Waals surface area contributed by atoms with Gasteiger partial charge >= 0.3 is 6.36 Å². The fourth-order valence-electron chi connectivity index (χ4n) is 2.94. The Morgan fingerprint density at radius 2 is 1.96 bits per heavy atom. The fourth-order valence-corrected chi connectivity index (χ4v) is 2.94. The van der Waals surface area contributed by atoms with E-state index in [1.807, 2.05) is 0 Å². The number of amides is 1. The molecule has 0 fully saturated rings. The number of nitrogens with zero attached hydrogens (tertiary/aromatic N) is 1. The first-order valence-corrected chi connectivity index (χ1v) is 7.78. The third kappa shape index (κ3) is 3.89. The molecule has 3 rings (SSSR count).